The minimum absolute atomic E-state index is 0. The Morgan fingerprint density at radius 2 is 1.85 bits per heavy atom. The first-order valence-corrected chi connectivity index (χ1v) is 9.60. The van der Waals surface area contributed by atoms with Crippen molar-refractivity contribution < 1.29 is 9.53 Å². The summed E-state index contributed by atoms with van der Waals surface area (Å²) in [6.45, 7) is 16.4. The maximum Gasteiger partial charge on any atom is 0.219 e. The molecule has 1 aliphatic heterocycles. The number of aliphatic imine (C=N–C) groups is 1. The van der Waals surface area contributed by atoms with Crippen molar-refractivity contribution in [2.45, 2.75) is 34.1 Å². The van der Waals surface area contributed by atoms with Crippen LogP contribution in [-0.2, 0) is 9.53 Å². The number of ether oxygens (including phenoxy) is 1. The van der Waals surface area contributed by atoms with E-state index < -0.39 is 0 Å². The third kappa shape index (κ3) is 11.9. The number of piperazine rings is 1. The van der Waals surface area contributed by atoms with E-state index in [1.807, 2.05) is 4.90 Å². The summed E-state index contributed by atoms with van der Waals surface area (Å²) in [5, 5.41) is 6.57. The molecule has 0 aliphatic carbocycles. The van der Waals surface area contributed by atoms with Gasteiger partial charge in [-0.3, -0.25) is 14.7 Å². The van der Waals surface area contributed by atoms with Crippen LogP contribution in [-0.4, -0.2) is 87.2 Å². The number of nitrogens with zero attached hydrogens (tertiary/aromatic N) is 3. The van der Waals surface area contributed by atoms with Gasteiger partial charge in [0.05, 0.1) is 13.2 Å². The van der Waals surface area contributed by atoms with Crippen LogP contribution in [0, 0.1) is 5.92 Å². The van der Waals surface area contributed by atoms with Gasteiger partial charge in [0.1, 0.15) is 0 Å². The lowest BCUT2D eigenvalue weighted by Gasteiger charge is -2.33. The van der Waals surface area contributed by atoms with Gasteiger partial charge in [-0.15, -0.1) is 24.0 Å². The molecule has 1 rings (SSSR count). The van der Waals surface area contributed by atoms with Crippen LogP contribution >= 0.6 is 24.0 Å². The Hall–Kier alpha value is -0.610. The molecule has 0 atom stereocenters. The highest BCUT2D eigenvalue weighted by molar-refractivity contribution is 14.0. The maximum absolute atomic E-state index is 11.3. The van der Waals surface area contributed by atoms with Crippen LogP contribution in [0.3, 0.4) is 0 Å². The highest BCUT2D eigenvalue weighted by Crippen LogP contribution is 2.01. The van der Waals surface area contributed by atoms with E-state index in [1.54, 1.807) is 6.92 Å². The number of amides is 1. The van der Waals surface area contributed by atoms with Crippen LogP contribution in [0.4, 0.5) is 0 Å². The molecule has 154 valence electrons. The number of carbonyl (C=O) groups excluding carboxylic acids is 1. The molecule has 0 aromatic carbocycles. The van der Waals surface area contributed by atoms with Crippen LogP contribution in [0.25, 0.3) is 0 Å². The van der Waals surface area contributed by atoms with Gasteiger partial charge in [-0.1, -0.05) is 13.8 Å². The largest absolute Gasteiger partial charge is 0.380 e. The molecule has 0 saturated carbocycles. The fourth-order valence-electron chi connectivity index (χ4n) is 2.59. The summed E-state index contributed by atoms with van der Waals surface area (Å²) in [6.07, 6.45) is 1.10. The van der Waals surface area contributed by atoms with Crippen LogP contribution in [0.5, 0.6) is 0 Å². The number of hydrogen-bond acceptors (Lipinski definition) is 4. The third-order valence-corrected chi connectivity index (χ3v) is 4.23. The second-order valence-electron chi connectivity index (χ2n) is 6.83. The van der Waals surface area contributed by atoms with Gasteiger partial charge < -0.3 is 20.3 Å². The molecule has 1 aliphatic rings. The molecule has 7 nitrogen and oxygen atoms in total. The van der Waals surface area contributed by atoms with Crippen molar-refractivity contribution in [1.82, 2.24) is 20.4 Å². The lowest BCUT2D eigenvalue weighted by molar-refractivity contribution is -0.130. The Kier molecular flexibility index (Phi) is 15.1. The first-order chi connectivity index (χ1) is 12.0. The summed E-state index contributed by atoms with van der Waals surface area (Å²) in [4.78, 5) is 20.2. The molecular weight excluding hydrogens is 445 g/mol. The second-order valence-corrected chi connectivity index (χ2v) is 6.83. The minimum atomic E-state index is 0. The average molecular weight is 483 g/mol. The van der Waals surface area contributed by atoms with Gasteiger partial charge in [0, 0.05) is 59.3 Å². The lowest BCUT2D eigenvalue weighted by atomic mass is 10.1. The van der Waals surface area contributed by atoms with Crippen LogP contribution in [0.1, 0.15) is 34.1 Å². The predicted octanol–water partition coefficient (Wildman–Crippen LogP) is 1.39. The van der Waals surface area contributed by atoms with Gasteiger partial charge in [-0.05, 0) is 19.3 Å². The molecule has 1 amide bonds. The van der Waals surface area contributed by atoms with E-state index in [4.69, 9.17) is 4.74 Å². The Morgan fingerprint density at radius 3 is 2.42 bits per heavy atom. The molecule has 8 heteroatoms. The SMILES string of the molecule is CCNC(=NCCN1CCN(C(C)=O)CC1)NCCOCCC(C)C.I. The zero-order valence-corrected chi connectivity index (χ0v) is 19.3. The highest BCUT2D eigenvalue weighted by atomic mass is 127. The molecular formula is C18H38IN5O2. The van der Waals surface area contributed by atoms with E-state index >= 15 is 0 Å². The Labute approximate surface area is 176 Å². The standard InChI is InChI=1S/C18H37N5O2.HI/c1-5-19-18(21-8-15-25-14-6-16(2)3)20-7-9-22-10-12-23(13-11-22)17(4)24;/h16H,5-15H2,1-4H3,(H2,19,20,21);1H. The zero-order chi connectivity index (χ0) is 18.5. The summed E-state index contributed by atoms with van der Waals surface area (Å²) in [6, 6.07) is 0. The molecule has 1 fully saturated rings. The Balaban J connectivity index is 0.00000625. The molecule has 0 bridgehead atoms. The van der Waals surface area contributed by atoms with E-state index in [9.17, 15) is 4.79 Å². The summed E-state index contributed by atoms with van der Waals surface area (Å²) >= 11 is 0. The number of nitrogens with one attached hydrogen (secondary N) is 2. The van der Waals surface area contributed by atoms with Crippen molar-refractivity contribution in [1.29, 1.82) is 0 Å². The van der Waals surface area contributed by atoms with Crippen molar-refractivity contribution in [3.8, 4) is 0 Å². The molecule has 0 unspecified atom stereocenters. The van der Waals surface area contributed by atoms with Gasteiger partial charge >= 0.3 is 0 Å². The number of rotatable bonds is 10. The van der Waals surface area contributed by atoms with Gasteiger partial charge in [0.15, 0.2) is 5.96 Å². The van der Waals surface area contributed by atoms with E-state index in [0.29, 0.717) is 12.5 Å². The summed E-state index contributed by atoms with van der Waals surface area (Å²) in [7, 11) is 0. The van der Waals surface area contributed by atoms with E-state index in [2.05, 4.69) is 41.3 Å². The van der Waals surface area contributed by atoms with Crippen molar-refractivity contribution in [2.24, 2.45) is 10.9 Å². The molecule has 2 N–H and O–H groups in total. The lowest BCUT2D eigenvalue weighted by Crippen LogP contribution is -2.48. The summed E-state index contributed by atoms with van der Waals surface area (Å²) < 4.78 is 5.62. The number of carbonyl (C=O) groups is 1. The average Bonchev–Trinajstić information content (AvgIpc) is 2.58. The Bertz CT molecular complexity index is 399. The smallest absolute Gasteiger partial charge is 0.219 e. The Morgan fingerprint density at radius 1 is 1.15 bits per heavy atom. The number of halogens is 1. The molecule has 26 heavy (non-hydrogen) atoms. The topological polar surface area (TPSA) is 69.2 Å². The summed E-state index contributed by atoms with van der Waals surface area (Å²) in [5.74, 6) is 1.70. The monoisotopic (exact) mass is 483 g/mol. The fourth-order valence-corrected chi connectivity index (χ4v) is 2.59. The first kappa shape index (κ1) is 25.4. The quantitative estimate of drug-likeness (QED) is 0.213. The second kappa shape index (κ2) is 15.4. The van der Waals surface area contributed by atoms with E-state index in [1.165, 1.54) is 0 Å². The fraction of sp³-hybridized carbons (Fsp3) is 0.889. The van der Waals surface area contributed by atoms with Gasteiger partial charge in [0.25, 0.3) is 0 Å². The van der Waals surface area contributed by atoms with Gasteiger partial charge in [0.2, 0.25) is 5.91 Å². The third-order valence-electron chi connectivity index (χ3n) is 4.23. The molecule has 0 aromatic heterocycles. The molecule has 1 saturated heterocycles. The van der Waals surface area contributed by atoms with E-state index in [-0.39, 0.29) is 29.9 Å². The van der Waals surface area contributed by atoms with Gasteiger partial charge in [-0.2, -0.15) is 0 Å². The van der Waals surface area contributed by atoms with Gasteiger partial charge in [-0.25, -0.2) is 0 Å². The summed E-state index contributed by atoms with van der Waals surface area (Å²) in [5.41, 5.74) is 0. The number of guanidine groups is 1. The maximum atomic E-state index is 11.3. The molecule has 0 aromatic rings. The zero-order valence-electron chi connectivity index (χ0n) is 16.9. The molecule has 0 spiro atoms. The normalized spacial score (nSPS) is 15.7. The van der Waals surface area contributed by atoms with Crippen LogP contribution in [0.2, 0.25) is 0 Å². The minimum Gasteiger partial charge on any atom is -0.380 e. The van der Waals surface area contributed by atoms with Crippen molar-refractivity contribution in [3.63, 3.8) is 0 Å². The first-order valence-electron chi connectivity index (χ1n) is 9.60. The van der Waals surface area contributed by atoms with E-state index in [0.717, 1.165) is 71.3 Å². The number of hydrogen-bond donors (Lipinski definition) is 2. The highest BCUT2D eigenvalue weighted by Gasteiger charge is 2.17. The molecule has 1 heterocycles. The van der Waals surface area contributed by atoms with Crippen molar-refractivity contribution in [2.75, 3.05) is 65.6 Å². The van der Waals surface area contributed by atoms with Crippen molar-refractivity contribution >= 4 is 35.8 Å². The van der Waals surface area contributed by atoms with Crippen LogP contribution < -0.4 is 10.6 Å². The predicted molar refractivity (Wildman–Crippen MR) is 118 cm³/mol. The molecule has 0 radical (unpaired) electrons. The van der Waals surface area contributed by atoms with Crippen LogP contribution in [0.15, 0.2) is 4.99 Å². The van der Waals surface area contributed by atoms with Crippen molar-refractivity contribution in [3.05, 3.63) is 0 Å².